The summed E-state index contributed by atoms with van der Waals surface area (Å²) in [5, 5.41) is 3.52. The lowest BCUT2D eigenvalue weighted by Gasteiger charge is -2.08. The van der Waals surface area contributed by atoms with Crippen molar-refractivity contribution in [3.63, 3.8) is 0 Å². The van der Waals surface area contributed by atoms with E-state index in [1.165, 1.54) is 41.0 Å². The molecule has 1 saturated heterocycles. The van der Waals surface area contributed by atoms with Crippen molar-refractivity contribution >= 4 is 11.3 Å². The minimum Gasteiger partial charge on any atom is -0.378 e. The number of ether oxygens (including phenoxy) is 1. The van der Waals surface area contributed by atoms with Gasteiger partial charge in [0.05, 0.1) is 6.10 Å². The van der Waals surface area contributed by atoms with Gasteiger partial charge in [-0.2, -0.15) is 0 Å². The molecule has 1 unspecified atom stereocenters. The second-order valence-corrected chi connectivity index (χ2v) is 6.25. The van der Waals surface area contributed by atoms with Gasteiger partial charge in [0.15, 0.2) is 0 Å². The summed E-state index contributed by atoms with van der Waals surface area (Å²) in [5.41, 5.74) is 1.42. The lowest BCUT2D eigenvalue weighted by atomic mass is 10.1. The van der Waals surface area contributed by atoms with Gasteiger partial charge in [0.1, 0.15) is 0 Å². The fourth-order valence-corrected chi connectivity index (χ4v) is 3.30. The number of thiophene rings is 1. The summed E-state index contributed by atoms with van der Waals surface area (Å²) >= 11 is 1.91. The minimum absolute atomic E-state index is 0.544. The summed E-state index contributed by atoms with van der Waals surface area (Å²) in [5.74, 6) is 0. The van der Waals surface area contributed by atoms with Crippen LogP contribution >= 0.6 is 11.3 Å². The van der Waals surface area contributed by atoms with Gasteiger partial charge < -0.3 is 10.1 Å². The molecular formula is C14H23NOS. The van der Waals surface area contributed by atoms with Gasteiger partial charge in [-0.25, -0.2) is 0 Å². The number of rotatable bonds is 6. The third-order valence-corrected chi connectivity index (χ3v) is 4.57. The van der Waals surface area contributed by atoms with Crippen LogP contribution in [0, 0.1) is 13.8 Å². The molecule has 1 fully saturated rings. The van der Waals surface area contributed by atoms with E-state index in [-0.39, 0.29) is 0 Å². The fraction of sp³-hybridized carbons (Fsp3) is 0.714. The molecule has 17 heavy (non-hydrogen) atoms. The lowest BCUT2D eigenvalue weighted by molar-refractivity contribution is 0.102. The quantitative estimate of drug-likeness (QED) is 0.784. The summed E-state index contributed by atoms with van der Waals surface area (Å²) in [7, 11) is 0. The molecule has 0 aromatic carbocycles. The largest absolute Gasteiger partial charge is 0.378 e. The first-order valence-corrected chi connectivity index (χ1v) is 7.45. The molecule has 1 aromatic heterocycles. The van der Waals surface area contributed by atoms with Crippen LogP contribution in [0.2, 0.25) is 0 Å². The highest BCUT2D eigenvalue weighted by Crippen LogP contribution is 2.20. The van der Waals surface area contributed by atoms with Crippen LogP contribution in [-0.4, -0.2) is 19.3 Å². The molecule has 0 aliphatic carbocycles. The van der Waals surface area contributed by atoms with Crippen molar-refractivity contribution in [2.45, 2.75) is 52.2 Å². The summed E-state index contributed by atoms with van der Waals surface area (Å²) in [6.07, 6.45) is 5.52. The molecule has 1 aromatic rings. The summed E-state index contributed by atoms with van der Waals surface area (Å²) in [6.45, 7) is 7.49. The highest BCUT2D eigenvalue weighted by Gasteiger charge is 2.14. The standard InChI is InChI=1S/C14H23NOS/c1-11-9-14(17-12(11)2)10-15-7-3-5-13-6-4-8-16-13/h9,13,15H,3-8,10H2,1-2H3. The first-order chi connectivity index (χ1) is 8.25. The second-order valence-electron chi connectivity index (χ2n) is 4.91. The van der Waals surface area contributed by atoms with Gasteiger partial charge in [-0.15, -0.1) is 11.3 Å². The normalized spacial score (nSPS) is 20.0. The van der Waals surface area contributed by atoms with Crippen LogP contribution in [0.4, 0.5) is 0 Å². The van der Waals surface area contributed by atoms with Gasteiger partial charge in [0, 0.05) is 22.9 Å². The van der Waals surface area contributed by atoms with E-state index in [1.54, 1.807) is 0 Å². The minimum atomic E-state index is 0.544. The van der Waals surface area contributed by atoms with Crippen LogP contribution in [0.15, 0.2) is 6.07 Å². The van der Waals surface area contributed by atoms with Crippen molar-refractivity contribution in [3.8, 4) is 0 Å². The van der Waals surface area contributed by atoms with E-state index >= 15 is 0 Å². The van der Waals surface area contributed by atoms with Gasteiger partial charge in [0.25, 0.3) is 0 Å². The van der Waals surface area contributed by atoms with Crippen LogP contribution in [0.1, 0.15) is 41.0 Å². The van der Waals surface area contributed by atoms with Crippen molar-refractivity contribution in [2.24, 2.45) is 0 Å². The van der Waals surface area contributed by atoms with Crippen molar-refractivity contribution < 1.29 is 4.74 Å². The van der Waals surface area contributed by atoms with Crippen molar-refractivity contribution in [1.29, 1.82) is 0 Å². The zero-order valence-corrected chi connectivity index (χ0v) is 11.7. The van der Waals surface area contributed by atoms with Crippen molar-refractivity contribution in [1.82, 2.24) is 5.32 Å². The van der Waals surface area contributed by atoms with E-state index < -0.39 is 0 Å². The van der Waals surface area contributed by atoms with E-state index in [4.69, 9.17) is 4.74 Å². The molecule has 0 amide bonds. The van der Waals surface area contributed by atoms with Crippen LogP contribution in [-0.2, 0) is 11.3 Å². The zero-order chi connectivity index (χ0) is 12.1. The third kappa shape index (κ3) is 4.09. The molecule has 2 nitrogen and oxygen atoms in total. The molecule has 3 heteroatoms. The molecule has 1 aliphatic heterocycles. The molecule has 1 atom stereocenters. The van der Waals surface area contributed by atoms with Gasteiger partial charge in [-0.1, -0.05) is 0 Å². The van der Waals surface area contributed by atoms with E-state index in [0.29, 0.717) is 6.10 Å². The predicted molar refractivity (Wildman–Crippen MR) is 73.7 cm³/mol. The van der Waals surface area contributed by atoms with Crippen LogP contribution in [0.25, 0.3) is 0 Å². The topological polar surface area (TPSA) is 21.3 Å². The first kappa shape index (κ1) is 13.1. The Morgan fingerprint density at radius 2 is 2.35 bits per heavy atom. The maximum Gasteiger partial charge on any atom is 0.0576 e. The SMILES string of the molecule is Cc1cc(CNCCCC2CCCO2)sc1C. The van der Waals surface area contributed by atoms with Gasteiger partial charge >= 0.3 is 0 Å². The highest BCUT2D eigenvalue weighted by molar-refractivity contribution is 7.12. The number of hydrogen-bond acceptors (Lipinski definition) is 3. The molecule has 1 N–H and O–H groups in total. The van der Waals surface area contributed by atoms with Crippen LogP contribution < -0.4 is 5.32 Å². The fourth-order valence-electron chi connectivity index (χ4n) is 2.28. The Balaban J connectivity index is 1.56. The van der Waals surface area contributed by atoms with Crippen LogP contribution in [0.5, 0.6) is 0 Å². The Kier molecular flexibility index (Phi) is 5.01. The Morgan fingerprint density at radius 1 is 1.47 bits per heavy atom. The molecule has 0 radical (unpaired) electrons. The monoisotopic (exact) mass is 253 g/mol. The maximum atomic E-state index is 5.61. The van der Waals surface area contributed by atoms with E-state index in [2.05, 4.69) is 25.2 Å². The molecule has 0 saturated carbocycles. The number of aryl methyl sites for hydroxylation is 2. The highest BCUT2D eigenvalue weighted by atomic mass is 32.1. The molecule has 1 aliphatic rings. The number of hydrogen-bond donors (Lipinski definition) is 1. The Hall–Kier alpha value is -0.380. The number of nitrogens with one attached hydrogen (secondary N) is 1. The van der Waals surface area contributed by atoms with Crippen molar-refractivity contribution in [3.05, 3.63) is 21.4 Å². The first-order valence-electron chi connectivity index (χ1n) is 6.64. The van der Waals surface area contributed by atoms with Crippen molar-refractivity contribution in [2.75, 3.05) is 13.2 Å². The second kappa shape index (κ2) is 6.53. The van der Waals surface area contributed by atoms with E-state index in [0.717, 1.165) is 19.7 Å². The average Bonchev–Trinajstić information content (AvgIpc) is 2.90. The summed E-state index contributed by atoms with van der Waals surface area (Å²) in [4.78, 5) is 2.90. The molecule has 0 bridgehead atoms. The zero-order valence-electron chi connectivity index (χ0n) is 10.9. The van der Waals surface area contributed by atoms with Gasteiger partial charge in [0.2, 0.25) is 0 Å². The molecule has 2 heterocycles. The van der Waals surface area contributed by atoms with Gasteiger partial charge in [-0.05, 0) is 57.7 Å². The molecule has 0 spiro atoms. The van der Waals surface area contributed by atoms with Crippen LogP contribution in [0.3, 0.4) is 0 Å². The van der Waals surface area contributed by atoms with E-state index in [9.17, 15) is 0 Å². The molecule has 2 rings (SSSR count). The van der Waals surface area contributed by atoms with E-state index in [1.807, 2.05) is 11.3 Å². The predicted octanol–water partition coefficient (Wildman–Crippen LogP) is 3.41. The Bertz CT molecular complexity index is 322. The summed E-state index contributed by atoms with van der Waals surface area (Å²) in [6, 6.07) is 2.30. The average molecular weight is 253 g/mol. The maximum absolute atomic E-state index is 5.61. The third-order valence-electron chi connectivity index (χ3n) is 3.42. The molecule has 96 valence electrons. The lowest BCUT2D eigenvalue weighted by Crippen LogP contribution is -2.16. The smallest absolute Gasteiger partial charge is 0.0576 e. The Labute approximate surface area is 108 Å². The molecular weight excluding hydrogens is 230 g/mol. The van der Waals surface area contributed by atoms with Gasteiger partial charge in [-0.3, -0.25) is 0 Å². The Morgan fingerprint density at radius 3 is 3.00 bits per heavy atom. The summed E-state index contributed by atoms with van der Waals surface area (Å²) < 4.78 is 5.61.